The fraction of sp³-hybridized carbons (Fsp3) is 0.636. The van der Waals surface area contributed by atoms with E-state index >= 15 is 0 Å². The second-order valence-electron chi connectivity index (χ2n) is 4.49. The topological polar surface area (TPSA) is 69.6 Å². The van der Waals surface area contributed by atoms with Crippen molar-refractivity contribution in [3.63, 3.8) is 0 Å². The van der Waals surface area contributed by atoms with Crippen molar-refractivity contribution in [3.05, 3.63) is 23.5 Å². The molecule has 17 heavy (non-hydrogen) atoms. The minimum absolute atomic E-state index is 0.0915. The fourth-order valence-corrected chi connectivity index (χ4v) is 3.38. The van der Waals surface area contributed by atoms with Crippen molar-refractivity contribution in [3.8, 4) is 0 Å². The van der Waals surface area contributed by atoms with E-state index in [2.05, 4.69) is 11.4 Å². The van der Waals surface area contributed by atoms with Gasteiger partial charge in [0, 0.05) is 12.6 Å². The molecule has 6 heteroatoms. The Balaban J connectivity index is 2.27. The van der Waals surface area contributed by atoms with E-state index in [9.17, 15) is 13.5 Å². The molecule has 1 unspecified atom stereocenters. The average molecular weight is 258 g/mol. The minimum Gasteiger partial charge on any atom is -0.511 e. The molecule has 0 fully saturated rings. The number of aliphatic hydroxyl groups excluding tert-OH is 1. The van der Waals surface area contributed by atoms with Crippen LogP contribution in [0, 0.1) is 0 Å². The van der Waals surface area contributed by atoms with E-state index in [4.69, 9.17) is 0 Å². The first-order valence-electron chi connectivity index (χ1n) is 5.73. The molecule has 0 aromatic rings. The third kappa shape index (κ3) is 2.88. The molecule has 0 amide bonds. The Labute approximate surface area is 102 Å². The summed E-state index contributed by atoms with van der Waals surface area (Å²) < 4.78 is 24.8. The molecule has 0 aromatic carbocycles. The van der Waals surface area contributed by atoms with Crippen LogP contribution in [0.2, 0.25) is 0 Å². The highest BCUT2D eigenvalue weighted by atomic mass is 32.2. The maximum absolute atomic E-state index is 11.7. The van der Waals surface area contributed by atoms with Crippen LogP contribution in [0.5, 0.6) is 0 Å². The zero-order valence-corrected chi connectivity index (χ0v) is 10.7. The van der Waals surface area contributed by atoms with Gasteiger partial charge in [0.05, 0.1) is 12.8 Å². The quantitative estimate of drug-likeness (QED) is 0.703. The molecule has 2 rings (SSSR count). The maximum atomic E-state index is 11.7. The SMILES string of the molecule is CS(=O)(=O)N1CC(O)=CCC1C1=CCNCC1. The van der Waals surface area contributed by atoms with Gasteiger partial charge in [0.2, 0.25) is 10.0 Å². The van der Waals surface area contributed by atoms with Gasteiger partial charge in [-0.25, -0.2) is 8.42 Å². The third-order valence-corrected chi connectivity index (χ3v) is 4.43. The van der Waals surface area contributed by atoms with E-state index in [0.29, 0.717) is 6.42 Å². The third-order valence-electron chi connectivity index (χ3n) is 3.20. The van der Waals surface area contributed by atoms with Crippen LogP contribution in [0.25, 0.3) is 0 Å². The van der Waals surface area contributed by atoms with E-state index in [-0.39, 0.29) is 18.3 Å². The molecule has 0 radical (unpaired) electrons. The molecule has 2 N–H and O–H groups in total. The van der Waals surface area contributed by atoms with Crippen LogP contribution in [-0.4, -0.2) is 49.8 Å². The molecule has 0 aliphatic carbocycles. The Hall–Kier alpha value is -0.850. The van der Waals surface area contributed by atoms with Crippen molar-refractivity contribution >= 4 is 10.0 Å². The number of aliphatic hydroxyl groups is 1. The summed E-state index contributed by atoms with van der Waals surface area (Å²) in [5, 5.41) is 12.7. The molecule has 2 aliphatic rings. The molecular formula is C11H18N2O3S. The first kappa shape index (κ1) is 12.6. The molecule has 0 saturated carbocycles. The number of nitrogens with zero attached hydrogens (tertiary/aromatic N) is 1. The summed E-state index contributed by atoms with van der Waals surface area (Å²) in [7, 11) is -3.29. The van der Waals surface area contributed by atoms with Crippen molar-refractivity contribution < 1.29 is 13.5 Å². The van der Waals surface area contributed by atoms with Crippen molar-refractivity contribution in [2.24, 2.45) is 0 Å². The van der Waals surface area contributed by atoms with Crippen LogP contribution in [0.4, 0.5) is 0 Å². The summed E-state index contributed by atoms with van der Waals surface area (Å²) in [4.78, 5) is 0. The largest absolute Gasteiger partial charge is 0.511 e. The summed E-state index contributed by atoms with van der Waals surface area (Å²) >= 11 is 0. The van der Waals surface area contributed by atoms with E-state index in [1.54, 1.807) is 6.08 Å². The monoisotopic (exact) mass is 258 g/mol. The smallest absolute Gasteiger partial charge is 0.212 e. The molecule has 0 aromatic heterocycles. The van der Waals surface area contributed by atoms with Crippen molar-refractivity contribution in [1.82, 2.24) is 9.62 Å². The molecule has 2 aliphatic heterocycles. The van der Waals surface area contributed by atoms with Gasteiger partial charge in [0.25, 0.3) is 0 Å². The fourth-order valence-electron chi connectivity index (χ4n) is 2.33. The van der Waals surface area contributed by atoms with Gasteiger partial charge < -0.3 is 10.4 Å². The van der Waals surface area contributed by atoms with Gasteiger partial charge in [-0.05, 0) is 25.5 Å². The van der Waals surface area contributed by atoms with E-state index < -0.39 is 10.0 Å². The lowest BCUT2D eigenvalue weighted by Gasteiger charge is -2.34. The number of rotatable bonds is 2. The number of hydrogen-bond acceptors (Lipinski definition) is 4. The van der Waals surface area contributed by atoms with E-state index in [1.807, 2.05) is 0 Å². The Morgan fingerprint density at radius 2 is 2.24 bits per heavy atom. The lowest BCUT2D eigenvalue weighted by Crippen LogP contribution is -2.45. The summed E-state index contributed by atoms with van der Waals surface area (Å²) in [5.74, 6) is 0.140. The predicted molar refractivity (Wildman–Crippen MR) is 66.2 cm³/mol. The Kier molecular flexibility index (Phi) is 3.56. The first-order valence-corrected chi connectivity index (χ1v) is 7.58. The molecule has 0 bridgehead atoms. The maximum Gasteiger partial charge on any atom is 0.212 e. The van der Waals surface area contributed by atoms with Crippen LogP contribution in [0.15, 0.2) is 23.5 Å². The molecular weight excluding hydrogens is 240 g/mol. The number of hydrogen-bond donors (Lipinski definition) is 2. The standard InChI is InChI=1S/C11H18N2O3S/c1-17(15,16)13-8-10(14)2-3-11(13)9-4-6-12-7-5-9/h2,4,11-12,14H,3,5-8H2,1H3. The summed E-state index contributed by atoms with van der Waals surface area (Å²) in [6, 6.07) is -0.122. The minimum atomic E-state index is -3.29. The van der Waals surface area contributed by atoms with Crippen LogP contribution >= 0.6 is 0 Å². The van der Waals surface area contributed by atoms with Crippen molar-refractivity contribution in [2.75, 3.05) is 25.9 Å². The molecule has 1 atom stereocenters. The van der Waals surface area contributed by atoms with Gasteiger partial charge >= 0.3 is 0 Å². The van der Waals surface area contributed by atoms with Crippen LogP contribution < -0.4 is 5.32 Å². The second-order valence-corrected chi connectivity index (χ2v) is 6.42. The van der Waals surface area contributed by atoms with Crippen LogP contribution in [-0.2, 0) is 10.0 Å². The molecule has 0 spiro atoms. The van der Waals surface area contributed by atoms with Gasteiger partial charge in [-0.3, -0.25) is 0 Å². The van der Waals surface area contributed by atoms with Crippen LogP contribution in [0.1, 0.15) is 12.8 Å². The van der Waals surface area contributed by atoms with Gasteiger partial charge in [-0.15, -0.1) is 0 Å². The van der Waals surface area contributed by atoms with Crippen LogP contribution in [0.3, 0.4) is 0 Å². The lowest BCUT2D eigenvalue weighted by atomic mass is 9.96. The second kappa shape index (κ2) is 4.80. The normalized spacial score (nSPS) is 27.5. The first-order chi connectivity index (χ1) is 7.98. The van der Waals surface area contributed by atoms with Gasteiger partial charge in [0.15, 0.2) is 0 Å². The van der Waals surface area contributed by atoms with Crippen molar-refractivity contribution in [2.45, 2.75) is 18.9 Å². The molecule has 0 saturated heterocycles. The average Bonchev–Trinajstić information content (AvgIpc) is 2.29. The molecule has 96 valence electrons. The highest BCUT2D eigenvalue weighted by molar-refractivity contribution is 7.88. The zero-order chi connectivity index (χ0) is 12.5. The Morgan fingerprint density at radius 3 is 2.82 bits per heavy atom. The number of sulfonamides is 1. The summed E-state index contributed by atoms with van der Waals surface area (Å²) in [6.07, 6.45) is 6.40. The zero-order valence-electron chi connectivity index (χ0n) is 9.89. The molecule has 5 nitrogen and oxygen atoms in total. The predicted octanol–water partition coefficient (Wildman–Crippen LogP) is 0.382. The summed E-state index contributed by atoms with van der Waals surface area (Å²) in [5.41, 5.74) is 1.15. The lowest BCUT2D eigenvalue weighted by molar-refractivity contribution is 0.279. The summed E-state index contributed by atoms with van der Waals surface area (Å²) in [6.45, 7) is 1.77. The van der Waals surface area contributed by atoms with Gasteiger partial charge in [-0.2, -0.15) is 4.31 Å². The Bertz CT molecular complexity index is 453. The van der Waals surface area contributed by atoms with E-state index in [1.165, 1.54) is 10.6 Å². The number of nitrogens with one attached hydrogen (secondary N) is 1. The van der Waals surface area contributed by atoms with Crippen molar-refractivity contribution in [1.29, 1.82) is 0 Å². The van der Waals surface area contributed by atoms with Gasteiger partial charge in [0.1, 0.15) is 5.76 Å². The highest BCUT2D eigenvalue weighted by Crippen LogP contribution is 2.26. The highest BCUT2D eigenvalue weighted by Gasteiger charge is 2.32. The van der Waals surface area contributed by atoms with Gasteiger partial charge in [-0.1, -0.05) is 11.6 Å². The Morgan fingerprint density at radius 1 is 1.47 bits per heavy atom. The van der Waals surface area contributed by atoms with E-state index in [0.717, 1.165) is 25.1 Å². The molecule has 2 heterocycles.